The maximum atomic E-state index is 13.5. The van der Waals surface area contributed by atoms with E-state index in [1.54, 1.807) is 12.1 Å². The molecule has 0 aliphatic carbocycles. The molecule has 2 saturated heterocycles. The van der Waals surface area contributed by atoms with E-state index < -0.39 is 48.2 Å². The number of hydrogen-bond donors (Lipinski definition) is 2. The molecule has 2 N–H and O–H groups in total. The minimum Gasteiger partial charge on any atom is -0.480 e. The van der Waals surface area contributed by atoms with Crippen LogP contribution in [0.1, 0.15) is 86.8 Å². The fourth-order valence-electron chi connectivity index (χ4n) is 5.94. The Morgan fingerprint density at radius 2 is 1.68 bits per heavy atom. The van der Waals surface area contributed by atoms with Crippen LogP contribution in [0.15, 0.2) is 48.5 Å². The maximum Gasteiger partial charge on any atom is 0.338 e. The molecule has 11 heteroatoms. The van der Waals surface area contributed by atoms with Crippen LogP contribution in [0.25, 0.3) is 0 Å². The lowest BCUT2D eigenvalue weighted by atomic mass is 9.72. The zero-order valence-electron chi connectivity index (χ0n) is 25.7. The number of hydrogen-bond acceptors (Lipinski definition) is 7. The van der Waals surface area contributed by atoms with Crippen LogP contribution in [0.4, 0.5) is 4.79 Å². The van der Waals surface area contributed by atoms with Gasteiger partial charge >= 0.3 is 18.0 Å². The summed E-state index contributed by atoms with van der Waals surface area (Å²) < 4.78 is 11.4. The molecule has 44 heavy (non-hydrogen) atoms. The van der Waals surface area contributed by atoms with E-state index in [4.69, 9.17) is 9.47 Å². The number of ether oxygens (including phenoxy) is 2. The summed E-state index contributed by atoms with van der Waals surface area (Å²) >= 11 is 0. The number of likely N-dealkylation sites (tertiary alicyclic amines) is 2. The van der Waals surface area contributed by atoms with Crippen molar-refractivity contribution >= 4 is 29.8 Å². The Hall–Kier alpha value is -4.41. The minimum absolute atomic E-state index is 0.165. The topological polar surface area (TPSA) is 143 Å². The minimum atomic E-state index is -1.08. The van der Waals surface area contributed by atoms with Crippen molar-refractivity contribution in [2.75, 3.05) is 13.2 Å². The number of β-lactam (4-membered cyclic amide) rings is 1. The van der Waals surface area contributed by atoms with Gasteiger partial charge in [-0.1, -0.05) is 57.0 Å². The van der Waals surface area contributed by atoms with Gasteiger partial charge in [0.25, 0.3) is 5.91 Å². The van der Waals surface area contributed by atoms with Gasteiger partial charge in [0.05, 0.1) is 11.6 Å². The van der Waals surface area contributed by atoms with E-state index in [0.717, 1.165) is 22.4 Å². The van der Waals surface area contributed by atoms with Crippen molar-refractivity contribution in [3.8, 4) is 5.75 Å². The van der Waals surface area contributed by atoms with Gasteiger partial charge in [-0.25, -0.2) is 19.3 Å². The van der Waals surface area contributed by atoms with Crippen LogP contribution < -0.4 is 10.1 Å². The molecule has 4 rings (SSSR count). The van der Waals surface area contributed by atoms with E-state index in [2.05, 4.69) is 5.32 Å². The number of carboxylic acids is 1. The molecule has 3 atom stereocenters. The van der Waals surface area contributed by atoms with Crippen LogP contribution in [0.3, 0.4) is 0 Å². The Bertz CT molecular complexity index is 1370. The van der Waals surface area contributed by atoms with Crippen LogP contribution in [0.5, 0.6) is 5.75 Å². The Morgan fingerprint density at radius 3 is 2.27 bits per heavy atom. The molecule has 0 bridgehead atoms. The Kier molecular flexibility index (Phi) is 10.3. The second-order valence-corrected chi connectivity index (χ2v) is 11.4. The van der Waals surface area contributed by atoms with Crippen molar-refractivity contribution in [2.45, 2.75) is 84.5 Å². The van der Waals surface area contributed by atoms with Gasteiger partial charge in [-0.3, -0.25) is 9.59 Å². The Balaban J connectivity index is 1.42. The Labute approximate surface area is 257 Å². The van der Waals surface area contributed by atoms with E-state index in [9.17, 15) is 29.1 Å². The second-order valence-electron chi connectivity index (χ2n) is 11.4. The number of carbonyl (C=O) groups is 5. The largest absolute Gasteiger partial charge is 0.480 e. The summed E-state index contributed by atoms with van der Waals surface area (Å²) in [6.45, 7) is 7.55. The smallest absolute Gasteiger partial charge is 0.338 e. The van der Waals surface area contributed by atoms with E-state index in [-0.39, 0.29) is 17.5 Å². The lowest BCUT2D eigenvalue weighted by Crippen LogP contribution is -2.73. The van der Waals surface area contributed by atoms with Gasteiger partial charge < -0.3 is 24.8 Å². The van der Waals surface area contributed by atoms with Crippen LogP contribution >= 0.6 is 0 Å². The average Bonchev–Trinajstić information content (AvgIpc) is 3.52. The zero-order chi connectivity index (χ0) is 32.0. The fourth-order valence-corrected chi connectivity index (χ4v) is 5.94. The van der Waals surface area contributed by atoms with Gasteiger partial charge in [-0.15, -0.1) is 0 Å². The van der Waals surface area contributed by atoms with Crippen LogP contribution in [-0.2, 0) is 19.1 Å². The number of rotatable bonds is 12. The monoisotopic (exact) mass is 607 g/mol. The Morgan fingerprint density at radius 1 is 1.02 bits per heavy atom. The summed E-state index contributed by atoms with van der Waals surface area (Å²) in [7, 11) is 0. The molecule has 4 amide bonds. The van der Waals surface area contributed by atoms with E-state index >= 15 is 0 Å². The number of nitrogens with one attached hydrogen (secondary N) is 1. The van der Waals surface area contributed by atoms with E-state index in [0.29, 0.717) is 44.4 Å². The van der Waals surface area contributed by atoms with Crippen molar-refractivity contribution < 1.29 is 38.6 Å². The number of aryl methyl sites for hydroxylation is 1. The third-order valence-corrected chi connectivity index (χ3v) is 8.71. The lowest BCUT2D eigenvalue weighted by molar-refractivity contribution is -0.191. The number of benzene rings is 2. The van der Waals surface area contributed by atoms with Gasteiger partial charge in [0, 0.05) is 6.54 Å². The standard InChI is InChI=1S/C33H41N3O8/c1-5-9-25(22-13-11-21(4)12-14-22)34-32(42)36-30(41)33(6-2,7-3)31(36)44-24-17-15-23(16-18-24)29(40)43-20-27(37)35-19-8-10-26(35)28(38)39/h11-18,25-26,31H,5-10,19-20H2,1-4H3,(H,34,42)(H,38,39)/t25-,26+,31+/m1/s1. The zero-order valence-corrected chi connectivity index (χ0v) is 25.7. The molecular formula is C33H41N3O8. The van der Waals surface area contributed by atoms with Crippen LogP contribution in [-0.4, -0.2) is 70.1 Å². The number of esters is 1. The molecule has 0 aromatic heterocycles. The van der Waals surface area contributed by atoms with Gasteiger partial charge in [-0.05, 0) is 68.9 Å². The highest BCUT2D eigenvalue weighted by atomic mass is 16.5. The summed E-state index contributed by atoms with van der Waals surface area (Å²) in [6, 6.07) is 12.3. The SMILES string of the molecule is CCC[C@@H](NC(=O)N1C(=O)C(CC)(CC)[C@@H]1Oc1ccc(C(=O)OCC(=O)N2CCC[C@H]2C(=O)O)cc1)c1ccc(C)cc1. The molecule has 11 nitrogen and oxygen atoms in total. The molecule has 0 radical (unpaired) electrons. The van der Waals surface area contributed by atoms with Gasteiger partial charge in [0.2, 0.25) is 5.91 Å². The number of urea groups is 1. The van der Waals surface area contributed by atoms with Crippen molar-refractivity contribution in [1.29, 1.82) is 0 Å². The highest BCUT2D eigenvalue weighted by Gasteiger charge is 2.63. The van der Waals surface area contributed by atoms with Crippen molar-refractivity contribution in [1.82, 2.24) is 15.1 Å². The number of amides is 4. The normalized spacial score (nSPS) is 19.6. The predicted molar refractivity (Wildman–Crippen MR) is 161 cm³/mol. The average molecular weight is 608 g/mol. The fraction of sp³-hybridized carbons (Fsp3) is 0.485. The van der Waals surface area contributed by atoms with E-state index in [1.807, 2.05) is 52.0 Å². The summed E-state index contributed by atoms with van der Waals surface area (Å²) in [5, 5.41) is 12.3. The number of imide groups is 1. The summed E-state index contributed by atoms with van der Waals surface area (Å²) in [5.74, 6) is -2.33. The van der Waals surface area contributed by atoms with Crippen molar-refractivity contribution in [2.24, 2.45) is 5.41 Å². The number of carbonyl (C=O) groups excluding carboxylic acids is 4. The van der Waals surface area contributed by atoms with Crippen LogP contribution in [0, 0.1) is 12.3 Å². The second kappa shape index (κ2) is 13.9. The molecule has 2 aromatic rings. The van der Waals surface area contributed by atoms with Crippen LogP contribution in [0.2, 0.25) is 0 Å². The molecule has 0 unspecified atom stereocenters. The number of carboxylic acid groups (broad SMARTS) is 1. The molecule has 0 spiro atoms. The summed E-state index contributed by atoms with van der Waals surface area (Å²) in [6.07, 6.45) is 2.60. The quantitative estimate of drug-likeness (QED) is 0.258. The van der Waals surface area contributed by atoms with Crippen molar-refractivity contribution in [3.05, 3.63) is 65.2 Å². The summed E-state index contributed by atoms with van der Waals surface area (Å²) in [5.41, 5.74) is 1.36. The summed E-state index contributed by atoms with van der Waals surface area (Å²) in [4.78, 5) is 65.6. The highest BCUT2D eigenvalue weighted by Crippen LogP contribution is 2.46. The number of aliphatic carboxylic acids is 1. The molecule has 0 saturated carbocycles. The molecule has 2 aromatic carbocycles. The lowest BCUT2D eigenvalue weighted by Gasteiger charge is -2.53. The van der Waals surface area contributed by atoms with Crippen molar-refractivity contribution in [3.63, 3.8) is 0 Å². The third-order valence-electron chi connectivity index (χ3n) is 8.71. The molecule has 2 heterocycles. The predicted octanol–water partition coefficient (Wildman–Crippen LogP) is 4.83. The molecule has 2 fully saturated rings. The molecule has 2 aliphatic heterocycles. The first kappa shape index (κ1) is 32.5. The highest BCUT2D eigenvalue weighted by molar-refractivity contribution is 6.03. The molecule has 2 aliphatic rings. The van der Waals surface area contributed by atoms with E-state index in [1.165, 1.54) is 17.0 Å². The molecular weight excluding hydrogens is 566 g/mol. The molecule has 236 valence electrons. The van der Waals surface area contributed by atoms with Gasteiger partial charge in [0.1, 0.15) is 17.2 Å². The first-order valence-corrected chi connectivity index (χ1v) is 15.2. The maximum absolute atomic E-state index is 13.5. The van der Waals surface area contributed by atoms with Gasteiger partial charge in [-0.2, -0.15) is 0 Å². The van der Waals surface area contributed by atoms with Gasteiger partial charge in [0.15, 0.2) is 12.8 Å². The first-order chi connectivity index (χ1) is 21.1. The first-order valence-electron chi connectivity index (χ1n) is 15.2. The number of nitrogens with zero attached hydrogens (tertiary/aromatic N) is 2. The third kappa shape index (κ3) is 6.56.